The highest BCUT2D eigenvalue weighted by Gasteiger charge is 2.61. The number of sulfonamides is 1. The van der Waals surface area contributed by atoms with Crippen LogP contribution in [0.2, 0.25) is 0 Å². The SMILES string of the molecule is COc1cc(C)c(S(=O)(=O)NC(CC(=O)NCCCC(=O)NCCOCCOCCOCCO[C@H]2[C@H](OC)[C@@H](OC)[C@@H](O[C@H]3[C@H](OC)[C@@H](OC)[C@H](O[C@H]4[C@H](OS(=O)(=O)[O-])[C@@H](OS(=O)(=O)[O-])[C@@H](O[C@H]5[C@H](OC)[C@@H](OC)[C@H](O[C@H]6[C@H](OC)[C@@H](OS(=O)(=O)[O-])[C@@H](OC)O[C@@H]6COS(=O)(=O)[O-])O[C@H]5C(=O)[O-])O[C@@H]4COS(=O)(=O)[O-])O[C@@H]3C(=O)[O-])O[C@@H]2COS(=O)(=O)[O-])C(=O)NC(Cc2ccc(C(=N)N)cc2)C(=O)N2CCCCC2)c(C)c1C. The maximum absolute atomic E-state index is 14.5. The third-order valence-electron chi connectivity index (χ3n) is 23.6. The highest BCUT2D eigenvalue weighted by atomic mass is 32.3. The third kappa shape index (κ3) is 37.8. The van der Waals surface area contributed by atoms with Crippen molar-refractivity contribution in [3.8, 4) is 5.75 Å². The van der Waals surface area contributed by atoms with E-state index >= 15 is 0 Å². The number of hydrogen-bond donors (Lipinski definition) is 6. The van der Waals surface area contributed by atoms with Crippen molar-refractivity contribution in [1.29, 1.82) is 5.41 Å². The minimum Gasteiger partial charge on any atom is -0.726 e. The predicted molar refractivity (Wildman–Crippen MR) is 473 cm³/mol. The monoisotopic (exact) mass is 2280 g/mol. The van der Waals surface area contributed by atoms with Crippen molar-refractivity contribution in [2.24, 2.45) is 5.73 Å². The zero-order valence-corrected chi connectivity index (χ0v) is 87.3. The first-order valence-corrected chi connectivity index (χ1v) is 54.2. The van der Waals surface area contributed by atoms with E-state index in [1.807, 2.05) is 0 Å². The topological polar surface area (TPSA) is 886 Å². The molecule has 8 rings (SSSR count). The lowest BCUT2D eigenvalue weighted by Gasteiger charge is -2.52. The number of hydrogen-bond acceptors (Lipinski definition) is 57. The average Bonchev–Trinajstić information content (AvgIpc) is 0.748. The normalized spacial score (nSPS) is 29.0. The van der Waals surface area contributed by atoms with Gasteiger partial charge in [-0.3, -0.25) is 49.7 Å². The summed E-state index contributed by atoms with van der Waals surface area (Å²) in [6.07, 6.45) is -57.6. The first-order chi connectivity index (χ1) is 69.9. The molecule has 70 heteroatoms. The van der Waals surface area contributed by atoms with Crippen LogP contribution in [0.15, 0.2) is 35.2 Å². The van der Waals surface area contributed by atoms with E-state index in [0.29, 0.717) is 53.9 Å². The van der Waals surface area contributed by atoms with Crippen LogP contribution in [0.3, 0.4) is 0 Å². The van der Waals surface area contributed by atoms with Crippen LogP contribution in [0.1, 0.15) is 66.3 Å². The zero-order valence-electron chi connectivity index (χ0n) is 81.6. The number of carbonyl (C=O) groups excluding carboxylic acids is 6. The zero-order chi connectivity index (χ0) is 111. The van der Waals surface area contributed by atoms with Gasteiger partial charge in [0.1, 0.15) is 134 Å². The van der Waals surface area contributed by atoms with E-state index in [1.54, 1.807) is 43.0 Å². The molecule has 0 aromatic heterocycles. The molecule has 6 fully saturated rings. The summed E-state index contributed by atoms with van der Waals surface area (Å²) in [5.74, 6) is -7.20. The van der Waals surface area contributed by atoms with Gasteiger partial charge in [0, 0.05) is 101 Å². The summed E-state index contributed by atoms with van der Waals surface area (Å²) in [6, 6.07) is 4.98. The molecule has 63 nitrogen and oxygen atoms in total. The molecule has 0 bridgehead atoms. The van der Waals surface area contributed by atoms with Gasteiger partial charge in [-0.1, -0.05) is 24.3 Å². The van der Waals surface area contributed by atoms with Crippen LogP contribution in [0.5, 0.6) is 5.75 Å². The molecule has 6 saturated heterocycles. The molecule has 0 aliphatic carbocycles. The molecular formula is C79H117N7O56S7-8. The number of carboxylic acids is 2. The number of carbonyl (C=O) groups is 6. The maximum atomic E-state index is 14.5. The number of nitrogens with zero attached hydrogens (tertiary/aromatic N) is 1. The van der Waals surface area contributed by atoms with Crippen molar-refractivity contribution in [3.63, 3.8) is 0 Å². The molecule has 6 aliphatic heterocycles. The van der Waals surface area contributed by atoms with E-state index in [1.165, 1.54) is 20.1 Å². The molecule has 6 aliphatic rings. The fraction of sp³-hybridized carbons (Fsp3) is 0.759. The number of aryl methyl sites for hydroxylation is 1. The Labute approximate surface area is 856 Å². The molecular weight excluding hydrogens is 2170 g/mol. The maximum Gasteiger partial charge on any atom is 0.245 e. The fourth-order valence-electron chi connectivity index (χ4n) is 16.9. The second-order valence-electron chi connectivity index (χ2n) is 33.2. The van der Waals surface area contributed by atoms with Crippen molar-refractivity contribution < 1.29 is 255 Å². The first kappa shape index (κ1) is 127. The Morgan fingerprint density at radius 1 is 0.443 bits per heavy atom. The van der Waals surface area contributed by atoms with Crippen LogP contribution < -0.4 is 41.4 Å². The van der Waals surface area contributed by atoms with Gasteiger partial charge in [0.15, 0.2) is 43.7 Å². The number of ether oxygens (including phenoxy) is 22. The molecule has 0 radical (unpaired) electrons. The minimum absolute atomic E-state index is 0.00842. The van der Waals surface area contributed by atoms with Crippen molar-refractivity contribution in [2.75, 3.05) is 156 Å². The van der Waals surface area contributed by atoms with E-state index in [2.05, 4.69) is 45.8 Å². The number of amides is 4. The summed E-state index contributed by atoms with van der Waals surface area (Å²) in [6.45, 7) is 0.251. The summed E-state index contributed by atoms with van der Waals surface area (Å²) in [4.78, 5) is 83.5. The van der Waals surface area contributed by atoms with E-state index in [-0.39, 0.29) is 88.3 Å². The number of rotatable bonds is 62. The van der Waals surface area contributed by atoms with E-state index in [4.69, 9.17) is 115 Å². The lowest BCUT2D eigenvalue weighted by Crippen LogP contribution is -2.70. The predicted octanol–water partition coefficient (Wildman–Crippen LogP) is -10.5. The number of piperidine rings is 1. The number of amidine groups is 1. The second-order valence-corrected chi connectivity index (χ2v) is 41.1. The summed E-state index contributed by atoms with van der Waals surface area (Å²) in [5.41, 5.74) is 7.76. The molecule has 2 aromatic carbocycles. The van der Waals surface area contributed by atoms with Crippen molar-refractivity contribution in [1.82, 2.24) is 25.6 Å². The van der Waals surface area contributed by atoms with E-state index < -0.39 is 306 Å². The molecule has 6 heterocycles. The average molecular weight is 2290 g/mol. The van der Waals surface area contributed by atoms with Crippen molar-refractivity contribution in [3.05, 3.63) is 58.1 Å². The highest BCUT2D eigenvalue weighted by Crippen LogP contribution is 2.42. The smallest absolute Gasteiger partial charge is 0.245 e. The van der Waals surface area contributed by atoms with E-state index in [0.717, 1.165) is 63.3 Å². The molecule has 149 heavy (non-hydrogen) atoms. The lowest BCUT2D eigenvalue weighted by atomic mass is 9.94. The molecule has 0 spiro atoms. The van der Waals surface area contributed by atoms with Crippen molar-refractivity contribution >= 4 is 114 Å². The van der Waals surface area contributed by atoms with Gasteiger partial charge in [0.25, 0.3) is 0 Å². The van der Waals surface area contributed by atoms with Gasteiger partial charge in [0.05, 0.1) is 96.4 Å². The molecule has 2 unspecified atom stereocenters. The van der Waals surface area contributed by atoms with Crippen molar-refractivity contribution in [2.45, 2.75) is 236 Å². The highest BCUT2D eigenvalue weighted by molar-refractivity contribution is 7.89. The lowest BCUT2D eigenvalue weighted by molar-refractivity contribution is -0.401. The summed E-state index contributed by atoms with van der Waals surface area (Å²) >= 11 is 0. The number of carboxylic acid groups (broad SMARTS) is 2. The first-order valence-electron chi connectivity index (χ1n) is 44.7. The Bertz CT molecular complexity index is 5590. The van der Waals surface area contributed by atoms with Gasteiger partial charge in [-0.05, 0) is 74.8 Å². The van der Waals surface area contributed by atoms with E-state index in [9.17, 15) is 125 Å². The van der Waals surface area contributed by atoms with Crippen LogP contribution in [-0.4, -0.2) is 454 Å². The Balaban J connectivity index is 0.876. The quantitative estimate of drug-likeness (QED) is 0.0118. The number of nitrogen functional groups attached to an aromatic ring is 1. The Kier molecular flexibility index (Phi) is 49.0. The van der Waals surface area contributed by atoms with Gasteiger partial charge in [0.2, 0.25) is 96.0 Å². The third-order valence-corrected chi connectivity index (χ3v) is 28.0. The van der Waals surface area contributed by atoms with Crippen LogP contribution in [0.4, 0.5) is 0 Å². The van der Waals surface area contributed by atoms with Gasteiger partial charge in [-0.15, -0.1) is 0 Å². The number of likely N-dealkylation sites (tertiary alicyclic amines) is 1. The summed E-state index contributed by atoms with van der Waals surface area (Å²) in [5, 5.41) is 42.6. The number of benzene rings is 2. The second kappa shape index (κ2) is 57.5. The Morgan fingerprint density at radius 3 is 1.28 bits per heavy atom. The molecule has 4 amide bonds. The van der Waals surface area contributed by atoms with Gasteiger partial charge in [-0.2, -0.15) is 4.72 Å². The Hall–Kier alpha value is -7.18. The molecule has 7 N–H and O–H groups in total. The Morgan fingerprint density at radius 2 is 0.839 bits per heavy atom. The van der Waals surface area contributed by atoms with Crippen LogP contribution in [0, 0.1) is 26.2 Å². The summed E-state index contributed by atoms with van der Waals surface area (Å²) < 4.78 is 404. The molecule has 27 atom stereocenters. The molecule has 0 saturated carbocycles. The standard InChI is InChI=1S/C79H125N7O56S7/c1-39-33-46(115-4)40(2)41(3)69(39)143(95,96)85-44(71(89)84-45(72(90)86-24-14-13-15-25-86)34-42-18-20-43(21-19-42)70(80)81)35-51(88)82-22-16-17-50(87)83-23-26-124-27-28-125-29-30-126-31-32-127-52-47(36-128-144(97,98)99)132-76(64(120-9)55(52)116-5)136-59-57(118-7)66(122-11)78(139-62(59)73(91)92)135-54-49(38-130-146(103,104)105)133-79(68(142-149(112,113)114)61(54)140-147(106,107)108)137-60-58(119-8)65(121-10)77(138-63(60)74(93)94)134-53-48(37-129-145(100,101)102)131-75(123-12)67(56(53)117-6)141-148(109,110)111/h18-21,33,44-45,47-49,52-68,75-79,85H,13-17,22-32,34-38H2,1-12H3,(H3,80,81)(H,82,88)(H,83,87)(H,84,89)(H,91,92)(H,93,94)(H,97,98,99)(H,100,101,102)(H,103,104,105)(H,106,107,108)(H,109,110,111)(H,112,113,114)/p-8/t44?,45?,47-,48-,49-,52-,53-,54-,55+,56+,57+,58+,59+,60+,61+,62+,63-,64-,65-,66-,67-,68-,75+,76-,77-,78-,79-/m1/s1. The number of methoxy groups -OCH3 is 9. The van der Waals surface area contributed by atoms with Gasteiger partial charge in [-0.25, -0.2) is 58.9 Å². The van der Waals surface area contributed by atoms with Gasteiger partial charge >= 0.3 is 0 Å². The van der Waals surface area contributed by atoms with Crippen LogP contribution in [-0.2, 0) is 232 Å². The largest absolute Gasteiger partial charge is 0.726 e. The van der Waals surface area contributed by atoms with Gasteiger partial charge < -0.3 is 178 Å². The van der Waals surface area contributed by atoms with Crippen LogP contribution in [0.25, 0.3) is 0 Å². The number of nitrogens with one attached hydrogen (secondary N) is 5. The van der Waals surface area contributed by atoms with Crippen LogP contribution >= 0.6 is 0 Å². The molecule has 854 valence electrons. The number of aliphatic carboxylic acids is 2. The summed E-state index contributed by atoms with van der Waals surface area (Å²) in [7, 11) is -32.5. The molecule has 2 aromatic rings. The fourth-order valence-corrected chi connectivity index (χ4v) is 21.0. The number of nitrogens with two attached hydrogens (primary N) is 1. The minimum atomic E-state index is -6.53.